The Kier molecular flexibility index (Phi) is 6.74. The van der Waals surface area contributed by atoms with Crippen molar-refractivity contribution in [2.75, 3.05) is 33.8 Å². The van der Waals surface area contributed by atoms with Crippen molar-refractivity contribution < 1.29 is 9.84 Å². The van der Waals surface area contributed by atoms with Crippen LogP contribution in [0.15, 0.2) is 47.3 Å². The number of rotatable bonds is 9. The zero-order chi connectivity index (χ0) is 21.0. The van der Waals surface area contributed by atoms with E-state index in [2.05, 4.69) is 24.3 Å². The zero-order valence-corrected chi connectivity index (χ0v) is 17.6. The molecule has 1 aromatic heterocycles. The number of hydrogen-bond donors (Lipinski definition) is 2. The van der Waals surface area contributed by atoms with Crippen LogP contribution in [0.2, 0.25) is 0 Å². The molecular weight excluding hydrogens is 368 g/mol. The number of nitrogens with one attached hydrogen (secondary N) is 1. The molecule has 2 N–H and O–H groups in total. The molecule has 0 spiro atoms. The third-order valence-electron chi connectivity index (χ3n) is 5.08. The number of ether oxygens (including phenoxy) is 1. The molecule has 156 valence electrons. The van der Waals surface area contributed by atoms with Gasteiger partial charge in [0, 0.05) is 33.7 Å². The highest BCUT2D eigenvalue weighted by atomic mass is 16.5. The number of benzene rings is 2. The van der Waals surface area contributed by atoms with Gasteiger partial charge in [0.15, 0.2) is 0 Å². The lowest BCUT2D eigenvalue weighted by molar-refractivity contribution is 0.108. The van der Waals surface area contributed by atoms with Gasteiger partial charge >= 0.3 is 5.69 Å². The number of likely N-dealkylation sites (N-methyl/N-ethyl adjacent to an activating group) is 1. The molecule has 1 heterocycles. The molecule has 7 heteroatoms. The predicted octanol–water partition coefficient (Wildman–Crippen LogP) is 1.64. The first kappa shape index (κ1) is 21.1. The number of hydrogen-bond acceptors (Lipinski definition) is 5. The summed E-state index contributed by atoms with van der Waals surface area (Å²) in [5.41, 5.74) is 3.45. The van der Waals surface area contributed by atoms with E-state index in [1.165, 1.54) is 5.56 Å². The van der Waals surface area contributed by atoms with E-state index in [9.17, 15) is 9.90 Å². The van der Waals surface area contributed by atoms with Gasteiger partial charge in [0.1, 0.15) is 18.5 Å². The van der Waals surface area contributed by atoms with Gasteiger partial charge in [-0.15, -0.1) is 0 Å². The standard InChI is InChI=1S/C22H30N4O3/c1-24(2)12-11-23-14-16-5-8-18(9-6-16)29-15-21(27)17-7-10-19-20(13-17)26(4)22(28)25(19)3/h5-10,13,21,23,27H,11-12,14-15H2,1-4H3/t21-/m0/s1. The molecule has 0 radical (unpaired) electrons. The first-order valence-corrected chi connectivity index (χ1v) is 9.77. The second-order valence-electron chi connectivity index (χ2n) is 7.60. The van der Waals surface area contributed by atoms with Crippen molar-refractivity contribution in [2.45, 2.75) is 12.6 Å². The minimum Gasteiger partial charge on any atom is -0.491 e. The number of aliphatic hydroxyl groups excluding tert-OH is 1. The molecule has 0 aliphatic heterocycles. The van der Waals surface area contributed by atoms with Crippen molar-refractivity contribution in [1.82, 2.24) is 19.4 Å². The number of imidazole rings is 1. The molecule has 7 nitrogen and oxygen atoms in total. The van der Waals surface area contributed by atoms with Gasteiger partial charge in [0.25, 0.3) is 0 Å². The summed E-state index contributed by atoms with van der Waals surface area (Å²) in [6, 6.07) is 13.4. The molecule has 1 atom stereocenters. The fraction of sp³-hybridized carbons (Fsp3) is 0.409. The van der Waals surface area contributed by atoms with Gasteiger partial charge in [-0.2, -0.15) is 0 Å². The Hall–Kier alpha value is -2.61. The minimum absolute atomic E-state index is 0.0841. The van der Waals surface area contributed by atoms with Crippen LogP contribution in [0.25, 0.3) is 11.0 Å². The van der Waals surface area contributed by atoms with E-state index in [0.29, 0.717) is 5.75 Å². The fourth-order valence-electron chi connectivity index (χ4n) is 3.24. The smallest absolute Gasteiger partial charge is 0.328 e. The highest BCUT2D eigenvalue weighted by Crippen LogP contribution is 2.21. The van der Waals surface area contributed by atoms with Gasteiger partial charge in [0.2, 0.25) is 0 Å². The fourth-order valence-corrected chi connectivity index (χ4v) is 3.24. The number of nitrogens with zero attached hydrogens (tertiary/aromatic N) is 3. The zero-order valence-electron chi connectivity index (χ0n) is 17.6. The molecular formula is C22H30N4O3. The molecule has 0 saturated heterocycles. The van der Waals surface area contributed by atoms with Crippen LogP contribution >= 0.6 is 0 Å². The van der Waals surface area contributed by atoms with Gasteiger partial charge in [0.05, 0.1) is 11.0 Å². The van der Waals surface area contributed by atoms with Gasteiger partial charge in [-0.1, -0.05) is 18.2 Å². The van der Waals surface area contributed by atoms with E-state index < -0.39 is 6.10 Å². The summed E-state index contributed by atoms with van der Waals surface area (Å²) >= 11 is 0. The van der Waals surface area contributed by atoms with Gasteiger partial charge in [-0.25, -0.2) is 4.79 Å². The molecule has 3 aromatic rings. The summed E-state index contributed by atoms with van der Waals surface area (Å²) in [6.45, 7) is 2.90. The lowest BCUT2D eigenvalue weighted by Crippen LogP contribution is -2.26. The third kappa shape index (κ3) is 5.06. The monoisotopic (exact) mass is 398 g/mol. The van der Waals surface area contributed by atoms with Gasteiger partial charge in [-0.3, -0.25) is 9.13 Å². The van der Waals surface area contributed by atoms with E-state index in [1.807, 2.05) is 42.5 Å². The van der Waals surface area contributed by atoms with E-state index in [-0.39, 0.29) is 12.3 Å². The molecule has 3 rings (SSSR count). The van der Waals surface area contributed by atoms with Crippen molar-refractivity contribution in [3.05, 3.63) is 64.1 Å². The van der Waals surface area contributed by atoms with Crippen LogP contribution in [0.4, 0.5) is 0 Å². The average Bonchev–Trinajstić information content (AvgIpc) is 2.94. The minimum atomic E-state index is -0.776. The van der Waals surface area contributed by atoms with Gasteiger partial charge in [-0.05, 0) is 49.5 Å². The molecule has 29 heavy (non-hydrogen) atoms. The summed E-state index contributed by atoms with van der Waals surface area (Å²) in [4.78, 5) is 14.2. The third-order valence-corrected chi connectivity index (χ3v) is 5.08. The maximum Gasteiger partial charge on any atom is 0.328 e. The molecule has 0 amide bonds. The second kappa shape index (κ2) is 9.26. The van der Waals surface area contributed by atoms with E-state index in [1.54, 1.807) is 23.2 Å². The van der Waals surface area contributed by atoms with Crippen LogP contribution in [0.3, 0.4) is 0 Å². The Morgan fingerprint density at radius 3 is 2.45 bits per heavy atom. The second-order valence-corrected chi connectivity index (χ2v) is 7.60. The molecule has 0 bridgehead atoms. The Bertz CT molecular complexity index is 1010. The maximum absolute atomic E-state index is 12.1. The van der Waals surface area contributed by atoms with E-state index in [4.69, 9.17) is 4.74 Å². The summed E-state index contributed by atoms with van der Waals surface area (Å²) in [7, 11) is 7.59. The van der Waals surface area contributed by atoms with E-state index in [0.717, 1.165) is 36.2 Å². The lowest BCUT2D eigenvalue weighted by atomic mass is 10.1. The van der Waals surface area contributed by atoms with Crippen LogP contribution in [-0.2, 0) is 20.6 Å². The average molecular weight is 399 g/mol. The lowest BCUT2D eigenvalue weighted by Gasteiger charge is -2.14. The highest BCUT2D eigenvalue weighted by molar-refractivity contribution is 5.76. The van der Waals surface area contributed by atoms with Crippen LogP contribution in [0.1, 0.15) is 17.2 Å². The van der Waals surface area contributed by atoms with Crippen molar-refractivity contribution >= 4 is 11.0 Å². The molecule has 2 aromatic carbocycles. The van der Waals surface area contributed by atoms with Crippen LogP contribution in [0.5, 0.6) is 5.75 Å². The Labute approximate surface area is 171 Å². The summed E-state index contributed by atoms with van der Waals surface area (Å²) in [6.07, 6.45) is -0.776. The summed E-state index contributed by atoms with van der Waals surface area (Å²) < 4.78 is 8.93. The molecule has 0 aliphatic carbocycles. The van der Waals surface area contributed by atoms with Crippen LogP contribution < -0.4 is 15.7 Å². The van der Waals surface area contributed by atoms with Gasteiger partial charge < -0.3 is 20.1 Å². The SMILES string of the molecule is CN(C)CCNCc1ccc(OC[C@H](O)c2ccc3c(c2)n(C)c(=O)n3C)cc1. The molecule has 0 fully saturated rings. The topological polar surface area (TPSA) is 71.7 Å². The highest BCUT2D eigenvalue weighted by Gasteiger charge is 2.13. The van der Waals surface area contributed by atoms with Crippen molar-refractivity contribution in [3.63, 3.8) is 0 Å². The number of aliphatic hydroxyl groups is 1. The number of aryl methyl sites for hydroxylation is 2. The Morgan fingerprint density at radius 1 is 1.07 bits per heavy atom. The summed E-state index contributed by atoms with van der Waals surface area (Å²) in [5.74, 6) is 0.717. The van der Waals surface area contributed by atoms with Crippen molar-refractivity contribution in [2.24, 2.45) is 14.1 Å². The van der Waals surface area contributed by atoms with Crippen LogP contribution in [0, 0.1) is 0 Å². The van der Waals surface area contributed by atoms with Crippen molar-refractivity contribution in [1.29, 1.82) is 0 Å². The largest absolute Gasteiger partial charge is 0.491 e. The normalized spacial score (nSPS) is 12.6. The Balaban J connectivity index is 1.56. The van der Waals surface area contributed by atoms with E-state index >= 15 is 0 Å². The number of fused-ring (bicyclic) bond motifs is 1. The molecule has 0 unspecified atom stereocenters. The molecule has 0 saturated carbocycles. The summed E-state index contributed by atoms with van der Waals surface area (Å²) in [5, 5.41) is 13.9. The Morgan fingerprint density at radius 2 is 1.76 bits per heavy atom. The first-order chi connectivity index (χ1) is 13.9. The number of aromatic nitrogens is 2. The van der Waals surface area contributed by atoms with Crippen molar-refractivity contribution in [3.8, 4) is 5.75 Å². The van der Waals surface area contributed by atoms with Crippen LogP contribution in [-0.4, -0.2) is 52.9 Å². The quantitative estimate of drug-likeness (QED) is 0.536. The maximum atomic E-state index is 12.1. The first-order valence-electron chi connectivity index (χ1n) is 9.77. The predicted molar refractivity (Wildman–Crippen MR) is 115 cm³/mol. The molecule has 0 aliphatic rings.